The molecule has 0 bridgehead atoms. The second-order valence-corrected chi connectivity index (χ2v) is 8.34. The van der Waals surface area contributed by atoms with Gasteiger partial charge in [-0.3, -0.25) is 9.59 Å². The van der Waals surface area contributed by atoms with Crippen LogP contribution in [-0.2, 0) is 14.3 Å². The average molecular weight is 388 g/mol. The first kappa shape index (κ1) is 19.2. The van der Waals surface area contributed by atoms with Crippen LogP contribution in [0.4, 0.5) is 5.69 Å². The van der Waals surface area contributed by atoms with Crippen LogP contribution in [0, 0.1) is 5.92 Å². The second-order valence-electron chi connectivity index (χ2n) is 8.34. The molecule has 2 fully saturated rings. The number of rotatable bonds is 6. The van der Waals surface area contributed by atoms with Crippen molar-refractivity contribution in [2.75, 3.05) is 26.0 Å². The van der Waals surface area contributed by atoms with E-state index in [0.29, 0.717) is 18.8 Å². The Hall–Kier alpha value is -2.12. The molecular weight excluding hydrogens is 360 g/mol. The van der Waals surface area contributed by atoms with Gasteiger partial charge in [0.2, 0.25) is 11.8 Å². The second kappa shape index (κ2) is 7.72. The predicted octanol–water partition coefficient (Wildman–Crippen LogP) is 1.90. The smallest absolute Gasteiger partial charge is 0.224 e. The van der Waals surface area contributed by atoms with E-state index < -0.39 is 6.10 Å². The molecule has 0 spiro atoms. The Morgan fingerprint density at radius 1 is 1.25 bits per heavy atom. The molecule has 1 aromatic carbocycles. The van der Waals surface area contributed by atoms with Crippen LogP contribution in [0.3, 0.4) is 0 Å². The summed E-state index contributed by atoms with van der Waals surface area (Å²) in [4.78, 5) is 25.8. The van der Waals surface area contributed by atoms with E-state index in [1.807, 2.05) is 18.2 Å². The molecule has 1 aromatic rings. The van der Waals surface area contributed by atoms with Gasteiger partial charge < -0.3 is 24.8 Å². The van der Waals surface area contributed by atoms with Gasteiger partial charge >= 0.3 is 0 Å². The minimum Gasteiger partial charge on any atom is -0.487 e. The molecule has 152 valence electrons. The molecule has 3 aliphatic rings. The molecule has 2 aliphatic heterocycles. The van der Waals surface area contributed by atoms with Crippen LogP contribution >= 0.6 is 0 Å². The highest BCUT2D eigenvalue weighted by Gasteiger charge is 2.46. The topological polar surface area (TPSA) is 88.1 Å². The molecule has 7 nitrogen and oxygen atoms in total. The lowest BCUT2D eigenvalue weighted by molar-refractivity contribution is -0.147. The average Bonchev–Trinajstić information content (AvgIpc) is 3.39. The molecule has 1 aliphatic carbocycles. The van der Waals surface area contributed by atoms with Crippen molar-refractivity contribution in [1.82, 2.24) is 4.90 Å². The predicted molar refractivity (Wildman–Crippen MR) is 103 cm³/mol. The van der Waals surface area contributed by atoms with E-state index in [9.17, 15) is 14.7 Å². The number of aliphatic hydroxyl groups is 1. The molecule has 0 radical (unpaired) electrons. The number of carbonyl (C=O) groups is 2. The number of amides is 2. The number of nitrogens with zero attached hydrogens (tertiary/aromatic N) is 1. The summed E-state index contributed by atoms with van der Waals surface area (Å²) >= 11 is 0. The monoisotopic (exact) mass is 388 g/mol. The van der Waals surface area contributed by atoms with E-state index in [-0.39, 0.29) is 43.0 Å². The first-order valence-corrected chi connectivity index (χ1v) is 10.0. The number of nitrogens with one attached hydrogen (secondary N) is 1. The van der Waals surface area contributed by atoms with Gasteiger partial charge in [0.25, 0.3) is 0 Å². The fraction of sp³-hybridized carbons (Fsp3) is 0.619. The van der Waals surface area contributed by atoms with Gasteiger partial charge in [-0.05, 0) is 43.4 Å². The van der Waals surface area contributed by atoms with E-state index in [2.05, 4.69) is 5.32 Å². The van der Waals surface area contributed by atoms with Crippen LogP contribution in [0.5, 0.6) is 5.75 Å². The van der Waals surface area contributed by atoms with E-state index >= 15 is 0 Å². The van der Waals surface area contributed by atoms with E-state index in [1.165, 1.54) is 0 Å². The van der Waals surface area contributed by atoms with Crippen LogP contribution in [-0.4, -0.2) is 60.8 Å². The van der Waals surface area contributed by atoms with Crippen molar-refractivity contribution in [3.8, 4) is 5.75 Å². The maximum atomic E-state index is 12.1. The number of hydrogen-bond donors (Lipinski definition) is 2. The molecule has 4 rings (SSSR count). The highest BCUT2D eigenvalue weighted by Crippen LogP contribution is 2.47. The van der Waals surface area contributed by atoms with Gasteiger partial charge in [0.15, 0.2) is 0 Å². The molecular formula is C21H28N2O5. The molecule has 7 heteroatoms. The standard InChI is InChI=1S/C21H28N2O5/c1-23(2)20(26)10-14-9-16-15-8-13(22-19(25)7-12-3-4-12)5-6-17(15)28-21(16)18(11-24)27-14/h5-6,8,12,14,16,18,21,24H,3-4,7,9-11H2,1-2H3,(H,22,25)/t14-,16-,18-,21+/m1/s1. The van der Waals surface area contributed by atoms with Gasteiger partial charge in [-0.25, -0.2) is 0 Å². The lowest BCUT2D eigenvalue weighted by atomic mass is 9.84. The Kier molecular flexibility index (Phi) is 5.29. The zero-order chi connectivity index (χ0) is 19.8. The summed E-state index contributed by atoms with van der Waals surface area (Å²) in [5.41, 5.74) is 1.78. The van der Waals surface area contributed by atoms with Gasteiger partial charge in [0, 0.05) is 37.7 Å². The number of anilines is 1. The van der Waals surface area contributed by atoms with Gasteiger partial charge in [0.1, 0.15) is 18.0 Å². The lowest BCUT2D eigenvalue weighted by Gasteiger charge is -2.37. The number of ether oxygens (including phenoxy) is 2. The maximum absolute atomic E-state index is 12.1. The first-order chi connectivity index (χ1) is 13.4. The zero-order valence-corrected chi connectivity index (χ0v) is 16.4. The Balaban J connectivity index is 1.50. The Bertz CT molecular complexity index is 761. The number of carbonyl (C=O) groups excluding carboxylic acids is 2. The largest absolute Gasteiger partial charge is 0.487 e. The molecule has 4 atom stereocenters. The van der Waals surface area contributed by atoms with Gasteiger partial charge in [0.05, 0.1) is 19.1 Å². The molecule has 2 amide bonds. The molecule has 2 heterocycles. The fourth-order valence-electron chi connectivity index (χ4n) is 4.14. The number of fused-ring (bicyclic) bond motifs is 3. The van der Waals surface area contributed by atoms with Crippen molar-refractivity contribution in [3.05, 3.63) is 23.8 Å². The van der Waals surface area contributed by atoms with E-state index in [0.717, 1.165) is 29.8 Å². The summed E-state index contributed by atoms with van der Waals surface area (Å²) in [5.74, 6) is 1.38. The van der Waals surface area contributed by atoms with Gasteiger partial charge in [-0.15, -0.1) is 0 Å². The van der Waals surface area contributed by atoms with E-state index in [1.54, 1.807) is 19.0 Å². The van der Waals surface area contributed by atoms with Crippen molar-refractivity contribution in [1.29, 1.82) is 0 Å². The summed E-state index contributed by atoms with van der Waals surface area (Å²) in [6.07, 6.45) is 2.77. The van der Waals surface area contributed by atoms with Crippen LogP contribution in [0.25, 0.3) is 0 Å². The van der Waals surface area contributed by atoms with Crippen molar-refractivity contribution < 1.29 is 24.2 Å². The summed E-state index contributed by atoms with van der Waals surface area (Å²) in [7, 11) is 3.45. The summed E-state index contributed by atoms with van der Waals surface area (Å²) < 4.78 is 12.0. The summed E-state index contributed by atoms with van der Waals surface area (Å²) in [6, 6.07) is 5.69. The third-order valence-corrected chi connectivity index (χ3v) is 5.86. The molecule has 0 aromatic heterocycles. The molecule has 1 saturated heterocycles. The molecule has 28 heavy (non-hydrogen) atoms. The molecule has 0 unspecified atom stereocenters. The van der Waals surface area contributed by atoms with Crippen LogP contribution in [0.2, 0.25) is 0 Å². The molecule has 2 N–H and O–H groups in total. The minimum atomic E-state index is -0.473. The van der Waals surface area contributed by atoms with E-state index in [4.69, 9.17) is 9.47 Å². The quantitative estimate of drug-likeness (QED) is 0.777. The highest BCUT2D eigenvalue weighted by atomic mass is 16.6. The third-order valence-electron chi connectivity index (χ3n) is 5.86. The summed E-state index contributed by atoms with van der Waals surface area (Å²) in [6.45, 7) is -0.160. The fourth-order valence-corrected chi connectivity index (χ4v) is 4.14. The van der Waals surface area contributed by atoms with Crippen LogP contribution in [0.1, 0.15) is 43.6 Å². The number of hydrogen-bond acceptors (Lipinski definition) is 5. The van der Waals surface area contributed by atoms with Crippen molar-refractivity contribution >= 4 is 17.5 Å². The Morgan fingerprint density at radius 3 is 2.71 bits per heavy atom. The number of benzene rings is 1. The zero-order valence-electron chi connectivity index (χ0n) is 16.4. The van der Waals surface area contributed by atoms with Crippen LogP contribution in [0.15, 0.2) is 18.2 Å². The number of aliphatic hydroxyl groups excluding tert-OH is 1. The summed E-state index contributed by atoms with van der Waals surface area (Å²) in [5, 5.41) is 12.8. The maximum Gasteiger partial charge on any atom is 0.224 e. The first-order valence-electron chi connectivity index (χ1n) is 10.0. The van der Waals surface area contributed by atoms with Gasteiger partial charge in [-0.2, -0.15) is 0 Å². The van der Waals surface area contributed by atoms with Crippen molar-refractivity contribution in [2.45, 2.75) is 56.3 Å². The molecule has 1 saturated carbocycles. The Morgan fingerprint density at radius 2 is 2.04 bits per heavy atom. The highest BCUT2D eigenvalue weighted by molar-refractivity contribution is 5.91. The Labute approximate surface area is 165 Å². The SMILES string of the molecule is CN(C)C(=O)C[C@H]1C[C@@H]2c3cc(NC(=O)CC4CC4)ccc3O[C@@H]2[C@@H](CO)O1. The van der Waals surface area contributed by atoms with Crippen molar-refractivity contribution in [3.63, 3.8) is 0 Å². The third kappa shape index (κ3) is 4.00. The minimum absolute atomic E-state index is 0.000341. The van der Waals surface area contributed by atoms with Crippen LogP contribution < -0.4 is 10.1 Å². The normalized spacial score (nSPS) is 28.1. The van der Waals surface area contributed by atoms with Crippen molar-refractivity contribution in [2.24, 2.45) is 5.92 Å². The van der Waals surface area contributed by atoms with Gasteiger partial charge in [-0.1, -0.05) is 0 Å². The lowest BCUT2D eigenvalue weighted by Crippen LogP contribution is -2.47.